The molecule has 116 valence electrons. The van der Waals surface area contributed by atoms with Crippen molar-refractivity contribution < 1.29 is 19.0 Å². The van der Waals surface area contributed by atoms with Crippen molar-refractivity contribution >= 4 is 17.3 Å². The Labute approximate surface area is 124 Å². The molecule has 0 bridgehead atoms. The molecule has 1 heterocycles. The molecule has 2 rings (SSSR count). The third kappa shape index (κ3) is 4.91. The lowest BCUT2D eigenvalue weighted by molar-refractivity contribution is -0.121. The number of carbonyl (C=O) groups is 1. The molecule has 1 fully saturated rings. The van der Waals surface area contributed by atoms with Crippen LogP contribution in [0, 0.1) is 5.92 Å². The lowest BCUT2D eigenvalue weighted by Crippen LogP contribution is -2.24. The molecule has 21 heavy (non-hydrogen) atoms. The Morgan fingerprint density at radius 3 is 2.86 bits per heavy atom. The molecule has 0 saturated carbocycles. The highest BCUT2D eigenvalue weighted by Crippen LogP contribution is 2.23. The van der Waals surface area contributed by atoms with Crippen LogP contribution in [0.3, 0.4) is 0 Å². The van der Waals surface area contributed by atoms with Crippen molar-refractivity contribution in [3.63, 3.8) is 0 Å². The molecule has 1 saturated heterocycles. The number of nitrogens with two attached hydrogens (primary N) is 1. The molecule has 0 atom stereocenters. The monoisotopic (exact) mass is 294 g/mol. The van der Waals surface area contributed by atoms with E-state index in [1.54, 1.807) is 25.3 Å². The summed E-state index contributed by atoms with van der Waals surface area (Å²) in [6.07, 6.45) is 1.99. The average molecular weight is 294 g/mol. The van der Waals surface area contributed by atoms with Gasteiger partial charge in [-0.05, 0) is 30.9 Å². The van der Waals surface area contributed by atoms with E-state index in [9.17, 15) is 4.79 Å². The zero-order valence-corrected chi connectivity index (χ0v) is 12.3. The molecule has 1 aromatic rings. The fourth-order valence-electron chi connectivity index (χ4n) is 2.20. The molecule has 1 aliphatic rings. The number of nitrogens with one attached hydrogen (secondary N) is 1. The van der Waals surface area contributed by atoms with Gasteiger partial charge in [0.1, 0.15) is 12.4 Å². The van der Waals surface area contributed by atoms with Crippen LogP contribution in [0.4, 0.5) is 11.4 Å². The van der Waals surface area contributed by atoms with E-state index in [4.69, 9.17) is 19.9 Å². The Morgan fingerprint density at radius 1 is 1.43 bits per heavy atom. The zero-order chi connectivity index (χ0) is 15.1. The van der Waals surface area contributed by atoms with E-state index in [2.05, 4.69) is 5.32 Å². The smallest absolute Gasteiger partial charge is 0.250 e. The number of carbonyl (C=O) groups excluding carboxylic acids is 1. The summed E-state index contributed by atoms with van der Waals surface area (Å²) in [6.45, 7) is 2.18. The number of benzene rings is 1. The molecule has 0 aliphatic carbocycles. The zero-order valence-electron chi connectivity index (χ0n) is 12.3. The molecule has 6 nitrogen and oxygen atoms in total. The Hall–Kier alpha value is -1.79. The van der Waals surface area contributed by atoms with Crippen molar-refractivity contribution in [2.75, 3.05) is 44.6 Å². The second kappa shape index (κ2) is 7.85. The van der Waals surface area contributed by atoms with Gasteiger partial charge in [0.05, 0.1) is 25.1 Å². The molecular formula is C15H22N2O4. The van der Waals surface area contributed by atoms with Crippen molar-refractivity contribution in [1.29, 1.82) is 0 Å². The van der Waals surface area contributed by atoms with Gasteiger partial charge in [-0.15, -0.1) is 0 Å². The van der Waals surface area contributed by atoms with Crippen molar-refractivity contribution in [2.24, 2.45) is 5.92 Å². The van der Waals surface area contributed by atoms with Gasteiger partial charge in [0.25, 0.3) is 0 Å². The lowest BCUT2D eigenvalue weighted by atomic mass is 10.0. The maximum absolute atomic E-state index is 11.8. The van der Waals surface area contributed by atoms with Crippen molar-refractivity contribution in [1.82, 2.24) is 0 Å². The molecule has 1 aliphatic heterocycles. The van der Waals surface area contributed by atoms with E-state index in [1.807, 2.05) is 0 Å². The first-order valence-corrected chi connectivity index (χ1v) is 7.08. The molecule has 0 unspecified atom stereocenters. The van der Waals surface area contributed by atoms with Gasteiger partial charge < -0.3 is 25.3 Å². The predicted octanol–water partition coefficient (Wildman–Crippen LogP) is 1.66. The molecule has 0 aromatic heterocycles. The molecular weight excluding hydrogens is 272 g/mol. The van der Waals surface area contributed by atoms with Gasteiger partial charge in [-0.25, -0.2) is 0 Å². The number of methoxy groups -OCH3 is 1. The van der Waals surface area contributed by atoms with Crippen LogP contribution in [0.15, 0.2) is 18.2 Å². The summed E-state index contributed by atoms with van der Waals surface area (Å²) in [7, 11) is 1.57. The van der Waals surface area contributed by atoms with Crippen LogP contribution in [-0.4, -0.2) is 39.4 Å². The minimum absolute atomic E-state index is 0.0306. The summed E-state index contributed by atoms with van der Waals surface area (Å²) in [6, 6.07) is 5.12. The highest BCUT2D eigenvalue weighted by atomic mass is 16.5. The van der Waals surface area contributed by atoms with Crippen LogP contribution in [0.25, 0.3) is 0 Å². The van der Waals surface area contributed by atoms with Crippen molar-refractivity contribution in [3.05, 3.63) is 18.2 Å². The quantitative estimate of drug-likeness (QED) is 0.780. The first-order chi connectivity index (χ1) is 10.2. The Bertz CT molecular complexity index is 473. The Balaban J connectivity index is 1.73. The third-order valence-electron chi connectivity index (χ3n) is 3.46. The van der Waals surface area contributed by atoms with Gasteiger partial charge >= 0.3 is 0 Å². The normalized spacial score (nSPS) is 15.7. The number of nitrogen functional groups attached to an aromatic ring is 1. The van der Waals surface area contributed by atoms with Gasteiger partial charge in [0.2, 0.25) is 5.91 Å². The minimum Gasteiger partial charge on any atom is -0.497 e. The fourth-order valence-corrected chi connectivity index (χ4v) is 2.20. The van der Waals surface area contributed by atoms with Crippen molar-refractivity contribution in [3.8, 4) is 5.75 Å². The van der Waals surface area contributed by atoms with Crippen LogP contribution in [0.2, 0.25) is 0 Å². The van der Waals surface area contributed by atoms with E-state index in [-0.39, 0.29) is 12.5 Å². The molecule has 6 heteroatoms. The largest absolute Gasteiger partial charge is 0.497 e. The van der Waals surface area contributed by atoms with E-state index in [0.29, 0.717) is 29.6 Å². The summed E-state index contributed by atoms with van der Waals surface area (Å²) in [5, 5.41) is 2.73. The van der Waals surface area contributed by atoms with Crippen LogP contribution in [-0.2, 0) is 14.3 Å². The average Bonchev–Trinajstić information content (AvgIpc) is 2.50. The van der Waals surface area contributed by atoms with Crippen LogP contribution in [0.1, 0.15) is 12.8 Å². The molecule has 3 N–H and O–H groups in total. The predicted molar refractivity (Wildman–Crippen MR) is 80.4 cm³/mol. The van der Waals surface area contributed by atoms with E-state index >= 15 is 0 Å². The standard InChI is InChI=1S/C15H22N2O4/c1-19-12-2-3-14(13(16)8-12)17-15(18)10-21-9-11-4-6-20-7-5-11/h2-3,8,11H,4-7,9-10,16H2,1H3,(H,17,18). The number of ether oxygens (including phenoxy) is 3. The first-order valence-electron chi connectivity index (χ1n) is 7.08. The van der Waals surface area contributed by atoms with Gasteiger partial charge in [0.15, 0.2) is 0 Å². The maximum atomic E-state index is 11.8. The minimum atomic E-state index is -0.209. The third-order valence-corrected chi connectivity index (χ3v) is 3.46. The van der Waals surface area contributed by atoms with Gasteiger partial charge in [-0.3, -0.25) is 4.79 Å². The summed E-state index contributed by atoms with van der Waals surface area (Å²) < 4.78 is 15.8. The summed E-state index contributed by atoms with van der Waals surface area (Å²) in [5.41, 5.74) is 6.87. The highest BCUT2D eigenvalue weighted by Gasteiger charge is 2.14. The summed E-state index contributed by atoms with van der Waals surface area (Å²) in [4.78, 5) is 11.8. The second-order valence-corrected chi connectivity index (χ2v) is 5.07. The van der Waals surface area contributed by atoms with Crippen molar-refractivity contribution in [2.45, 2.75) is 12.8 Å². The fraction of sp³-hybridized carbons (Fsp3) is 0.533. The lowest BCUT2D eigenvalue weighted by Gasteiger charge is -2.21. The van der Waals surface area contributed by atoms with Crippen LogP contribution < -0.4 is 15.8 Å². The number of amides is 1. The maximum Gasteiger partial charge on any atom is 0.250 e. The van der Waals surface area contributed by atoms with Crippen LogP contribution >= 0.6 is 0 Å². The number of hydrogen-bond acceptors (Lipinski definition) is 5. The molecule has 1 aromatic carbocycles. The summed E-state index contributed by atoms with van der Waals surface area (Å²) >= 11 is 0. The van der Waals surface area contributed by atoms with E-state index in [1.165, 1.54) is 0 Å². The van der Waals surface area contributed by atoms with Gasteiger partial charge in [-0.2, -0.15) is 0 Å². The van der Waals surface area contributed by atoms with Crippen LogP contribution in [0.5, 0.6) is 5.75 Å². The first kappa shape index (κ1) is 15.6. The topological polar surface area (TPSA) is 82.8 Å². The van der Waals surface area contributed by atoms with E-state index < -0.39 is 0 Å². The number of hydrogen-bond donors (Lipinski definition) is 2. The van der Waals surface area contributed by atoms with Gasteiger partial charge in [-0.1, -0.05) is 0 Å². The molecule has 0 spiro atoms. The number of anilines is 2. The van der Waals surface area contributed by atoms with E-state index in [0.717, 1.165) is 26.1 Å². The highest BCUT2D eigenvalue weighted by molar-refractivity contribution is 5.94. The molecule has 1 amide bonds. The van der Waals surface area contributed by atoms with Gasteiger partial charge in [0, 0.05) is 19.3 Å². The Kier molecular flexibility index (Phi) is 5.83. The second-order valence-electron chi connectivity index (χ2n) is 5.07. The summed E-state index contributed by atoms with van der Waals surface area (Å²) in [5.74, 6) is 0.929. The SMILES string of the molecule is COc1ccc(NC(=O)COCC2CCOCC2)c(N)c1. The Morgan fingerprint density at radius 2 is 2.19 bits per heavy atom. The number of rotatable bonds is 6. The molecule has 0 radical (unpaired) electrons.